The Hall–Kier alpha value is -2.36. The maximum Gasteiger partial charge on any atom is 0.335 e. The first-order valence-corrected chi connectivity index (χ1v) is 13.0. The van der Waals surface area contributed by atoms with Gasteiger partial charge in [-0.05, 0) is 92.4 Å². The Bertz CT molecular complexity index is 1440. The number of imide groups is 2. The Balaban J connectivity index is 1.63. The number of benzene rings is 3. The van der Waals surface area contributed by atoms with Gasteiger partial charge in [-0.15, -0.1) is 0 Å². The van der Waals surface area contributed by atoms with E-state index in [-0.39, 0.29) is 17.9 Å². The highest BCUT2D eigenvalue weighted by Gasteiger charge is 2.37. The van der Waals surface area contributed by atoms with Gasteiger partial charge in [0, 0.05) is 20.6 Å². The molecule has 1 heterocycles. The van der Waals surface area contributed by atoms with Gasteiger partial charge >= 0.3 is 6.03 Å². The van der Waals surface area contributed by atoms with Crippen LogP contribution in [0.15, 0.2) is 63.0 Å². The number of carbonyl (C=O) groups excluding carboxylic acids is 3. The third-order valence-corrected chi connectivity index (χ3v) is 7.47. The van der Waals surface area contributed by atoms with Gasteiger partial charge in [0.2, 0.25) is 0 Å². The van der Waals surface area contributed by atoms with E-state index in [1.54, 1.807) is 55.5 Å². The van der Waals surface area contributed by atoms with Crippen LogP contribution >= 0.6 is 66.7 Å². The van der Waals surface area contributed by atoms with Crippen LogP contribution in [-0.4, -0.2) is 17.8 Å². The van der Waals surface area contributed by atoms with Crippen molar-refractivity contribution in [3.63, 3.8) is 0 Å². The number of ether oxygens (including phenoxy) is 1. The van der Waals surface area contributed by atoms with Crippen LogP contribution in [0.1, 0.15) is 16.7 Å². The highest BCUT2D eigenvalue weighted by Crippen LogP contribution is 2.37. The molecule has 4 rings (SSSR count). The van der Waals surface area contributed by atoms with Crippen LogP contribution in [0.25, 0.3) is 6.08 Å². The molecule has 6 nitrogen and oxygen atoms in total. The third-order valence-electron chi connectivity index (χ3n) is 5.30. The molecule has 0 spiro atoms. The zero-order valence-corrected chi connectivity index (χ0v) is 23.8. The molecule has 184 valence electrons. The summed E-state index contributed by atoms with van der Waals surface area (Å²) in [7, 11) is 0. The quantitative estimate of drug-likeness (QED) is 0.222. The molecule has 11 heteroatoms. The second kappa shape index (κ2) is 10.9. The van der Waals surface area contributed by atoms with Gasteiger partial charge in [-0.25, -0.2) is 9.69 Å². The predicted molar refractivity (Wildman–Crippen MR) is 148 cm³/mol. The minimum atomic E-state index is -0.848. The van der Waals surface area contributed by atoms with Gasteiger partial charge < -0.3 is 4.74 Å². The first-order valence-electron chi connectivity index (χ1n) is 10.3. The van der Waals surface area contributed by atoms with Crippen LogP contribution in [-0.2, 0) is 16.2 Å². The molecular formula is C25H15Br2Cl3N2O4. The summed E-state index contributed by atoms with van der Waals surface area (Å²) >= 11 is 25.3. The molecule has 1 aliphatic rings. The maximum atomic E-state index is 13.2. The maximum absolute atomic E-state index is 13.2. The highest BCUT2D eigenvalue weighted by molar-refractivity contribution is 9.11. The Morgan fingerprint density at radius 3 is 2.33 bits per heavy atom. The van der Waals surface area contributed by atoms with Gasteiger partial charge in [-0.1, -0.05) is 46.9 Å². The summed E-state index contributed by atoms with van der Waals surface area (Å²) in [5.74, 6) is -1.07. The summed E-state index contributed by atoms with van der Waals surface area (Å²) in [6.45, 7) is 1.87. The van der Waals surface area contributed by atoms with Crippen LogP contribution < -0.4 is 15.0 Å². The van der Waals surface area contributed by atoms with Crippen LogP contribution in [0.3, 0.4) is 0 Å². The number of halogens is 5. The number of amides is 4. The average Bonchev–Trinajstić information content (AvgIpc) is 2.80. The van der Waals surface area contributed by atoms with Gasteiger partial charge in [0.15, 0.2) is 0 Å². The van der Waals surface area contributed by atoms with Gasteiger partial charge in [-0.2, -0.15) is 0 Å². The normalized spacial score (nSPS) is 14.9. The lowest BCUT2D eigenvalue weighted by molar-refractivity contribution is -0.122. The molecule has 0 atom stereocenters. The average molecular weight is 674 g/mol. The van der Waals surface area contributed by atoms with Crippen LogP contribution in [0.2, 0.25) is 15.1 Å². The number of nitrogens with one attached hydrogen (secondary N) is 1. The first kappa shape index (κ1) is 26.7. The predicted octanol–water partition coefficient (Wildman–Crippen LogP) is 7.73. The van der Waals surface area contributed by atoms with Crippen molar-refractivity contribution in [3.05, 3.63) is 94.8 Å². The van der Waals surface area contributed by atoms with Crippen molar-refractivity contribution in [2.75, 3.05) is 4.90 Å². The summed E-state index contributed by atoms with van der Waals surface area (Å²) in [5, 5.41) is 3.60. The van der Waals surface area contributed by atoms with Crippen molar-refractivity contribution in [2.24, 2.45) is 0 Å². The molecule has 0 unspecified atom stereocenters. The smallest absolute Gasteiger partial charge is 0.335 e. The number of urea groups is 1. The summed E-state index contributed by atoms with van der Waals surface area (Å²) in [4.78, 5) is 39.2. The van der Waals surface area contributed by atoms with Crippen molar-refractivity contribution in [1.82, 2.24) is 5.32 Å². The summed E-state index contributed by atoms with van der Waals surface area (Å²) in [6, 6.07) is 12.5. The minimum absolute atomic E-state index is 0.185. The fourth-order valence-electron chi connectivity index (χ4n) is 3.47. The molecule has 0 bridgehead atoms. The third kappa shape index (κ3) is 5.48. The number of barbiturate groups is 1. The van der Waals surface area contributed by atoms with Crippen LogP contribution in [0.5, 0.6) is 5.75 Å². The van der Waals surface area contributed by atoms with Crippen molar-refractivity contribution < 1.29 is 19.1 Å². The van der Waals surface area contributed by atoms with Gasteiger partial charge in [0.05, 0.1) is 14.6 Å². The van der Waals surface area contributed by atoms with Crippen molar-refractivity contribution in [3.8, 4) is 5.75 Å². The molecule has 3 aromatic carbocycles. The van der Waals surface area contributed by atoms with Crippen LogP contribution in [0.4, 0.5) is 10.5 Å². The second-order valence-corrected chi connectivity index (χ2v) is 10.6. The molecule has 1 saturated heterocycles. The zero-order chi connectivity index (χ0) is 26.1. The van der Waals surface area contributed by atoms with Crippen LogP contribution in [0, 0.1) is 6.92 Å². The van der Waals surface area contributed by atoms with E-state index in [4.69, 9.17) is 39.5 Å². The number of anilines is 1. The molecule has 3 aromatic rings. The Labute approximate surface area is 238 Å². The summed E-state index contributed by atoms with van der Waals surface area (Å²) in [6.07, 6.45) is 1.40. The van der Waals surface area contributed by atoms with Gasteiger partial charge in [0.1, 0.15) is 17.9 Å². The lowest BCUT2D eigenvalue weighted by atomic mass is 10.1. The SMILES string of the molecule is Cc1c(Cl)cccc1N1C(=O)NC(=O)/C(=C\c2cc(Br)c(OCc3ccc(Cl)cc3Cl)c(Br)c2)C1=O. The monoisotopic (exact) mass is 670 g/mol. The fourth-order valence-corrected chi connectivity index (χ4v) is 5.55. The molecule has 1 N–H and O–H groups in total. The fraction of sp³-hybridized carbons (Fsp3) is 0.0800. The standard InChI is InChI=1S/C25H15Br2Cl3N2O4/c1-12-19(29)3-2-4-21(12)32-24(34)16(23(33)31-25(32)35)7-13-8-17(26)22(18(27)9-13)36-11-14-5-6-15(28)10-20(14)30/h2-10H,11H2,1H3,(H,31,33,35)/b16-7+. The van der Waals surface area contributed by atoms with E-state index in [0.717, 1.165) is 10.5 Å². The van der Waals surface area contributed by atoms with E-state index in [2.05, 4.69) is 37.2 Å². The highest BCUT2D eigenvalue weighted by atomic mass is 79.9. The second-order valence-electron chi connectivity index (χ2n) is 7.68. The van der Waals surface area contributed by atoms with E-state index in [9.17, 15) is 14.4 Å². The molecule has 1 fully saturated rings. The van der Waals surface area contributed by atoms with E-state index >= 15 is 0 Å². The van der Waals surface area contributed by atoms with Crippen molar-refractivity contribution >= 4 is 96.3 Å². The van der Waals surface area contributed by atoms with E-state index < -0.39 is 17.8 Å². The molecule has 0 aromatic heterocycles. The van der Waals surface area contributed by atoms with E-state index in [1.165, 1.54) is 6.08 Å². The molecule has 0 radical (unpaired) electrons. The van der Waals surface area contributed by atoms with E-state index in [0.29, 0.717) is 40.9 Å². The molecule has 0 aliphatic carbocycles. The Morgan fingerprint density at radius 1 is 0.972 bits per heavy atom. The van der Waals surface area contributed by atoms with Gasteiger partial charge in [0.25, 0.3) is 11.8 Å². The molecular weight excluding hydrogens is 658 g/mol. The molecule has 1 aliphatic heterocycles. The molecule has 0 saturated carbocycles. The lowest BCUT2D eigenvalue weighted by Crippen LogP contribution is -2.54. The number of nitrogens with zero attached hydrogens (tertiary/aromatic N) is 1. The molecule has 4 amide bonds. The number of hydrogen-bond acceptors (Lipinski definition) is 4. The number of rotatable bonds is 5. The molecule has 36 heavy (non-hydrogen) atoms. The minimum Gasteiger partial charge on any atom is -0.486 e. The van der Waals surface area contributed by atoms with Crippen molar-refractivity contribution in [1.29, 1.82) is 0 Å². The Kier molecular flexibility index (Phi) is 8.12. The summed E-state index contributed by atoms with van der Waals surface area (Å²) < 4.78 is 7.05. The first-order chi connectivity index (χ1) is 17.1. The lowest BCUT2D eigenvalue weighted by Gasteiger charge is -2.27. The summed E-state index contributed by atoms with van der Waals surface area (Å²) in [5.41, 5.74) is 1.87. The topological polar surface area (TPSA) is 75.7 Å². The van der Waals surface area contributed by atoms with E-state index in [1.807, 2.05) is 0 Å². The number of hydrogen-bond donors (Lipinski definition) is 1. The Morgan fingerprint density at radius 2 is 1.67 bits per heavy atom. The zero-order valence-electron chi connectivity index (χ0n) is 18.4. The largest absolute Gasteiger partial charge is 0.486 e. The van der Waals surface area contributed by atoms with Gasteiger partial charge in [-0.3, -0.25) is 14.9 Å². The van der Waals surface area contributed by atoms with Crippen molar-refractivity contribution in [2.45, 2.75) is 13.5 Å². The number of carbonyl (C=O) groups is 3.